The van der Waals surface area contributed by atoms with E-state index in [1.807, 2.05) is 0 Å². The maximum atomic E-state index is 13.4. The highest BCUT2D eigenvalue weighted by atomic mass is 79.9. The van der Waals surface area contributed by atoms with Gasteiger partial charge in [-0.2, -0.15) is 8.75 Å². The minimum Gasteiger partial charge on any atom is -0.397 e. The van der Waals surface area contributed by atoms with Gasteiger partial charge >= 0.3 is 0 Å². The van der Waals surface area contributed by atoms with Gasteiger partial charge in [-0.1, -0.05) is 11.6 Å². The lowest BCUT2D eigenvalue weighted by molar-refractivity contribution is 0.622. The SMILES string of the molecule is Nc1cc(F)c(Br)cc1Nc1c(Cl)ccc2nsnc12. The number of anilines is 3. The van der Waals surface area contributed by atoms with Gasteiger partial charge in [-0.25, -0.2) is 4.39 Å². The highest BCUT2D eigenvalue weighted by molar-refractivity contribution is 9.10. The fourth-order valence-corrected chi connectivity index (χ4v) is 2.84. The Labute approximate surface area is 131 Å². The van der Waals surface area contributed by atoms with E-state index in [1.54, 1.807) is 18.2 Å². The Morgan fingerprint density at radius 3 is 2.90 bits per heavy atom. The average Bonchev–Trinajstić information content (AvgIpc) is 2.87. The zero-order valence-corrected chi connectivity index (χ0v) is 13.0. The summed E-state index contributed by atoms with van der Waals surface area (Å²) in [6.07, 6.45) is 0. The fraction of sp³-hybridized carbons (Fsp3) is 0. The maximum absolute atomic E-state index is 13.4. The Bertz CT molecular complexity index is 807. The Balaban J connectivity index is 2.12. The Kier molecular flexibility index (Phi) is 3.49. The molecule has 1 heterocycles. The second-order valence-corrected chi connectivity index (χ2v) is 5.82. The van der Waals surface area contributed by atoms with Crippen LogP contribution < -0.4 is 11.1 Å². The first-order valence-corrected chi connectivity index (χ1v) is 7.38. The molecule has 0 spiro atoms. The van der Waals surface area contributed by atoms with Crippen LogP contribution in [0.5, 0.6) is 0 Å². The van der Waals surface area contributed by atoms with Crippen molar-refractivity contribution in [3.63, 3.8) is 0 Å². The highest BCUT2D eigenvalue weighted by Gasteiger charge is 2.13. The van der Waals surface area contributed by atoms with Crippen molar-refractivity contribution in [1.29, 1.82) is 0 Å². The van der Waals surface area contributed by atoms with Crippen molar-refractivity contribution in [2.24, 2.45) is 0 Å². The van der Waals surface area contributed by atoms with Gasteiger partial charge in [-0.05, 0) is 34.1 Å². The molecule has 3 aromatic rings. The third-order valence-corrected chi connectivity index (χ3v) is 4.19. The molecule has 0 aliphatic heterocycles. The Morgan fingerprint density at radius 2 is 2.10 bits per heavy atom. The number of halogens is 3. The monoisotopic (exact) mass is 372 g/mol. The summed E-state index contributed by atoms with van der Waals surface area (Å²) < 4.78 is 22.0. The zero-order chi connectivity index (χ0) is 14.3. The van der Waals surface area contributed by atoms with Crippen LogP contribution >= 0.6 is 39.3 Å². The van der Waals surface area contributed by atoms with Crippen LogP contribution in [0.4, 0.5) is 21.5 Å². The zero-order valence-electron chi connectivity index (χ0n) is 9.82. The molecule has 0 amide bonds. The Hall–Kier alpha value is -1.44. The summed E-state index contributed by atoms with van der Waals surface area (Å²) in [6, 6.07) is 6.30. The van der Waals surface area contributed by atoms with Crippen molar-refractivity contribution < 1.29 is 4.39 Å². The van der Waals surface area contributed by atoms with Crippen LogP contribution in [0.25, 0.3) is 11.0 Å². The fourth-order valence-electron chi connectivity index (χ4n) is 1.75. The minimum atomic E-state index is -0.423. The molecule has 0 saturated heterocycles. The summed E-state index contributed by atoms with van der Waals surface area (Å²) in [6.45, 7) is 0. The van der Waals surface area contributed by atoms with Crippen molar-refractivity contribution in [2.45, 2.75) is 0 Å². The summed E-state index contributed by atoms with van der Waals surface area (Å²) >= 11 is 10.4. The van der Waals surface area contributed by atoms with E-state index in [0.29, 0.717) is 26.4 Å². The van der Waals surface area contributed by atoms with Crippen LogP contribution in [0.1, 0.15) is 0 Å². The maximum Gasteiger partial charge on any atom is 0.139 e. The molecule has 3 rings (SSSR count). The number of nitrogens with zero attached hydrogens (tertiary/aromatic N) is 2. The number of rotatable bonds is 2. The molecule has 0 bridgehead atoms. The first kappa shape index (κ1) is 13.5. The van der Waals surface area contributed by atoms with Crippen molar-refractivity contribution in [2.75, 3.05) is 11.1 Å². The summed E-state index contributed by atoms with van der Waals surface area (Å²) in [5.41, 5.74) is 8.62. The van der Waals surface area contributed by atoms with E-state index in [1.165, 1.54) is 6.07 Å². The largest absolute Gasteiger partial charge is 0.397 e. The van der Waals surface area contributed by atoms with Gasteiger partial charge in [0.2, 0.25) is 0 Å². The smallest absolute Gasteiger partial charge is 0.139 e. The molecule has 102 valence electrons. The van der Waals surface area contributed by atoms with Crippen molar-refractivity contribution in [3.05, 3.63) is 39.6 Å². The topological polar surface area (TPSA) is 63.8 Å². The summed E-state index contributed by atoms with van der Waals surface area (Å²) in [7, 11) is 0. The third-order valence-electron chi connectivity index (χ3n) is 2.73. The molecule has 0 saturated carbocycles. The van der Waals surface area contributed by atoms with Crippen LogP contribution in [0, 0.1) is 5.82 Å². The molecule has 0 atom stereocenters. The van der Waals surface area contributed by atoms with Gasteiger partial charge in [0.05, 0.1) is 38.3 Å². The molecule has 8 heteroatoms. The summed E-state index contributed by atoms with van der Waals surface area (Å²) in [5.74, 6) is -0.423. The molecule has 0 radical (unpaired) electrons. The van der Waals surface area contributed by atoms with Gasteiger partial charge in [0.1, 0.15) is 16.9 Å². The molecule has 0 aliphatic carbocycles. The molecule has 2 aromatic carbocycles. The molecule has 0 aliphatic rings. The second-order valence-electron chi connectivity index (χ2n) is 4.03. The van der Waals surface area contributed by atoms with E-state index in [0.717, 1.165) is 17.2 Å². The third kappa shape index (κ3) is 2.32. The normalized spacial score (nSPS) is 10.9. The molecule has 4 nitrogen and oxygen atoms in total. The average molecular weight is 374 g/mol. The first-order valence-electron chi connectivity index (χ1n) is 5.48. The van der Waals surface area contributed by atoms with Gasteiger partial charge < -0.3 is 11.1 Å². The predicted molar refractivity (Wildman–Crippen MR) is 84.2 cm³/mol. The van der Waals surface area contributed by atoms with Gasteiger partial charge in [0.15, 0.2) is 0 Å². The number of nitrogens with two attached hydrogens (primary N) is 1. The van der Waals surface area contributed by atoms with E-state index in [4.69, 9.17) is 17.3 Å². The van der Waals surface area contributed by atoms with E-state index in [2.05, 4.69) is 30.0 Å². The predicted octanol–water partition coefficient (Wildman–Crippen LogP) is 4.57. The minimum absolute atomic E-state index is 0.280. The first-order chi connectivity index (χ1) is 9.56. The molecule has 1 aromatic heterocycles. The molecule has 0 fully saturated rings. The number of aromatic nitrogens is 2. The Morgan fingerprint density at radius 1 is 1.30 bits per heavy atom. The molecule has 20 heavy (non-hydrogen) atoms. The van der Waals surface area contributed by atoms with Crippen LogP contribution in [-0.2, 0) is 0 Å². The van der Waals surface area contributed by atoms with Crippen LogP contribution in [-0.4, -0.2) is 8.75 Å². The van der Waals surface area contributed by atoms with Gasteiger partial charge in [-0.15, -0.1) is 0 Å². The number of nitrogens with one attached hydrogen (secondary N) is 1. The van der Waals surface area contributed by atoms with Crippen molar-refractivity contribution >= 4 is 67.4 Å². The number of hydrogen-bond donors (Lipinski definition) is 2. The molecule has 3 N–H and O–H groups in total. The molecular weight excluding hydrogens is 367 g/mol. The number of benzene rings is 2. The molecular formula is C12H7BrClFN4S. The van der Waals surface area contributed by atoms with E-state index >= 15 is 0 Å². The quantitative estimate of drug-likeness (QED) is 0.646. The van der Waals surface area contributed by atoms with Gasteiger partial charge in [0.25, 0.3) is 0 Å². The van der Waals surface area contributed by atoms with E-state index < -0.39 is 5.82 Å². The molecule has 0 unspecified atom stereocenters. The van der Waals surface area contributed by atoms with Gasteiger partial charge in [-0.3, -0.25) is 0 Å². The van der Waals surface area contributed by atoms with Gasteiger partial charge in [0, 0.05) is 6.07 Å². The van der Waals surface area contributed by atoms with Crippen molar-refractivity contribution in [1.82, 2.24) is 8.75 Å². The van der Waals surface area contributed by atoms with E-state index in [9.17, 15) is 4.39 Å². The van der Waals surface area contributed by atoms with Crippen LogP contribution in [0.15, 0.2) is 28.7 Å². The van der Waals surface area contributed by atoms with E-state index in [-0.39, 0.29) is 5.69 Å². The lowest BCUT2D eigenvalue weighted by atomic mass is 10.2. The lowest BCUT2D eigenvalue weighted by Crippen LogP contribution is -1.99. The summed E-state index contributed by atoms with van der Waals surface area (Å²) in [5, 5.41) is 3.58. The highest BCUT2D eigenvalue weighted by Crippen LogP contribution is 2.35. The standard InChI is InChI=1S/C12H7BrClFN4S/c13-5-3-10(8(16)4-7(5)15)17-11-6(14)1-2-9-12(11)19-20-18-9/h1-4,17H,16H2. The summed E-state index contributed by atoms with van der Waals surface area (Å²) in [4.78, 5) is 0. The van der Waals surface area contributed by atoms with Crippen LogP contribution in [0.2, 0.25) is 5.02 Å². The number of hydrogen-bond acceptors (Lipinski definition) is 5. The van der Waals surface area contributed by atoms with Crippen molar-refractivity contribution in [3.8, 4) is 0 Å². The second kappa shape index (κ2) is 5.16. The number of fused-ring (bicyclic) bond motifs is 1. The lowest BCUT2D eigenvalue weighted by Gasteiger charge is -2.12. The number of nitrogen functional groups attached to an aromatic ring is 1. The van der Waals surface area contributed by atoms with Crippen LogP contribution in [0.3, 0.4) is 0 Å².